The van der Waals surface area contributed by atoms with E-state index in [1.54, 1.807) is 21.3 Å². The highest BCUT2D eigenvalue weighted by atomic mass is 28.1. The molecule has 0 radical (unpaired) electrons. The van der Waals surface area contributed by atoms with Gasteiger partial charge in [-0.1, -0.05) is 0 Å². The lowest BCUT2D eigenvalue weighted by Crippen LogP contribution is -2.52. The second-order valence-electron chi connectivity index (χ2n) is 4.22. The first-order chi connectivity index (χ1) is 7.65. The molecule has 0 aliphatic carbocycles. The Hall–Kier alpha value is 0.0169. The summed E-state index contributed by atoms with van der Waals surface area (Å²) in [5.74, 6) is 0. The van der Waals surface area contributed by atoms with Gasteiger partial charge in [0.2, 0.25) is 0 Å². The zero-order valence-electron chi connectivity index (χ0n) is 10.8. The molecule has 1 aliphatic heterocycles. The van der Waals surface area contributed by atoms with Gasteiger partial charge in [-0.3, -0.25) is 4.90 Å². The molecule has 1 heterocycles. The highest BCUT2D eigenvalue weighted by Gasteiger charge is 2.31. The van der Waals surface area contributed by atoms with Crippen molar-refractivity contribution >= 4 is 10.2 Å². The number of nitrogens with zero attached hydrogens (tertiary/aromatic N) is 1. The Morgan fingerprint density at radius 1 is 1.25 bits per heavy atom. The summed E-state index contributed by atoms with van der Waals surface area (Å²) in [7, 11) is 5.97. The van der Waals surface area contributed by atoms with E-state index in [-0.39, 0.29) is 6.23 Å². The van der Waals surface area contributed by atoms with Crippen LogP contribution in [-0.2, 0) is 14.2 Å². The monoisotopic (exact) mass is 248 g/mol. The fraction of sp³-hybridized carbons (Fsp3) is 1.00. The molecule has 0 aromatic carbocycles. The maximum atomic E-state index is 5.55. The molecule has 96 valence electrons. The van der Waals surface area contributed by atoms with Crippen molar-refractivity contribution in [2.45, 2.75) is 18.1 Å². The van der Waals surface area contributed by atoms with Gasteiger partial charge in [-0.25, -0.2) is 0 Å². The van der Waals surface area contributed by atoms with Crippen molar-refractivity contribution in [2.75, 3.05) is 47.5 Å². The van der Waals surface area contributed by atoms with Crippen LogP contribution in [0.2, 0.25) is 0 Å². The second-order valence-corrected chi connectivity index (χ2v) is 5.75. The number of ether oxygens (including phenoxy) is 3. The van der Waals surface area contributed by atoms with E-state index in [4.69, 9.17) is 14.2 Å². The van der Waals surface area contributed by atoms with Crippen molar-refractivity contribution in [1.29, 1.82) is 0 Å². The number of rotatable bonds is 6. The van der Waals surface area contributed by atoms with E-state index < -0.39 is 5.41 Å². The molecule has 0 amide bonds. The molecule has 1 unspecified atom stereocenters. The van der Waals surface area contributed by atoms with E-state index in [0.29, 0.717) is 0 Å². The zero-order valence-corrected chi connectivity index (χ0v) is 12.8. The van der Waals surface area contributed by atoms with Crippen LogP contribution in [0.25, 0.3) is 0 Å². The van der Waals surface area contributed by atoms with Crippen molar-refractivity contribution in [3.63, 3.8) is 0 Å². The lowest BCUT2D eigenvalue weighted by Gasteiger charge is -2.38. The SMILES string of the molecule is COC(CC([SiH3])(OC)OC)N1CCNCC1. The fourth-order valence-electron chi connectivity index (χ4n) is 1.90. The first-order valence-corrected chi connectivity index (χ1v) is 6.73. The average Bonchev–Trinajstić information content (AvgIpc) is 2.36. The van der Waals surface area contributed by atoms with Gasteiger partial charge < -0.3 is 19.5 Å². The molecule has 6 heteroatoms. The highest BCUT2D eigenvalue weighted by molar-refractivity contribution is 6.13. The summed E-state index contributed by atoms with van der Waals surface area (Å²) in [6.45, 7) is 4.08. The zero-order chi connectivity index (χ0) is 12.0. The number of methoxy groups -OCH3 is 3. The molecule has 1 atom stereocenters. The molecule has 0 aromatic heterocycles. The second kappa shape index (κ2) is 6.68. The Bertz CT molecular complexity index is 197. The van der Waals surface area contributed by atoms with Crippen LogP contribution >= 0.6 is 0 Å². The van der Waals surface area contributed by atoms with Crippen molar-refractivity contribution in [2.24, 2.45) is 0 Å². The predicted molar refractivity (Wildman–Crippen MR) is 66.5 cm³/mol. The number of piperazine rings is 1. The third kappa shape index (κ3) is 3.79. The Morgan fingerprint density at radius 3 is 2.25 bits per heavy atom. The van der Waals surface area contributed by atoms with Crippen LogP contribution in [0, 0.1) is 0 Å². The molecule has 1 N–H and O–H groups in total. The van der Waals surface area contributed by atoms with Gasteiger partial charge >= 0.3 is 0 Å². The van der Waals surface area contributed by atoms with Gasteiger partial charge in [-0.15, -0.1) is 0 Å². The standard InChI is InChI=1S/C10H24N2O3Si/c1-13-9(8-10(16,14-2)15-3)12-6-4-11-5-7-12/h9,11H,4-8H2,1-3,16H3. The minimum absolute atomic E-state index is 0.0829. The van der Waals surface area contributed by atoms with E-state index >= 15 is 0 Å². The van der Waals surface area contributed by atoms with Crippen LogP contribution in [0.5, 0.6) is 0 Å². The summed E-state index contributed by atoms with van der Waals surface area (Å²) in [4.78, 5) is 2.33. The number of hydrogen-bond acceptors (Lipinski definition) is 5. The van der Waals surface area contributed by atoms with Crippen LogP contribution in [0.3, 0.4) is 0 Å². The topological polar surface area (TPSA) is 43.0 Å². The van der Waals surface area contributed by atoms with Gasteiger partial charge in [-0.05, 0) is 0 Å². The van der Waals surface area contributed by atoms with Crippen LogP contribution < -0.4 is 5.32 Å². The van der Waals surface area contributed by atoms with E-state index in [2.05, 4.69) is 10.2 Å². The Balaban J connectivity index is 2.52. The molecule has 1 fully saturated rings. The van der Waals surface area contributed by atoms with Crippen molar-refractivity contribution < 1.29 is 14.2 Å². The molecule has 1 aliphatic rings. The van der Waals surface area contributed by atoms with E-state index in [1.807, 2.05) is 0 Å². The summed E-state index contributed by atoms with van der Waals surface area (Å²) in [5.41, 5.74) is -0.439. The smallest absolute Gasteiger partial charge is 0.144 e. The third-order valence-electron chi connectivity index (χ3n) is 3.24. The summed E-state index contributed by atoms with van der Waals surface area (Å²) in [6, 6.07) is 0. The van der Waals surface area contributed by atoms with Crippen LogP contribution in [0.1, 0.15) is 6.42 Å². The quantitative estimate of drug-likeness (QED) is 0.461. The fourth-order valence-corrected chi connectivity index (χ4v) is 2.25. The minimum atomic E-state index is -0.439. The molecule has 0 aromatic rings. The molecule has 0 spiro atoms. The molecule has 0 bridgehead atoms. The third-order valence-corrected chi connectivity index (χ3v) is 4.46. The van der Waals surface area contributed by atoms with Crippen molar-refractivity contribution in [3.8, 4) is 0 Å². The molecular weight excluding hydrogens is 224 g/mol. The molecule has 1 rings (SSSR count). The van der Waals surface area contributed by atoms with E-state index in [1.165, 1.54) is 0 Å². The maximum Gasteiger partial charge on any atom is 0.144 e. The van der Waals surface area contributed by atoms with Gasteiger partial charge in [0.15, 0.2) is 0 Å². The Morgan fingerprint density at radius 2 is 1.81 bits per heavy atom. The lowest BCUT2D eigenvalue weighted by molar-refractivity contribution is -0.182. The van der Waals surface area contributed by atoms with Crippen molar-refractivity contribution in [1.82, 2.24) is 10.2 Å². The maximum absolute atomic E-state index is 5.55. The first-order valence-electron chi connectivity index (χ1n) is 5.73. The summed E-state index contributed by atoms with van der Waals surface area (Å²) in [5, 5.41) is 3.33. The van der Waals surface area contributed by atoms with Gasteiger partial charge in [0.1, 0.15) is 11.6 Å². The van der Waals surface area contributed by atoms with Gasteiger partial charge in [0.05, 0.1) is 10.2 Å². The normalized spacial score (nSPS) is 21.2. The van der Waals surface area contributed by atoms with Gasteiger partial charge in [0, 0.05) is 53.9 Å². The van der Waals surface area contributed by atoms with Crippen LogP contribution in [0.4, 0.5) is 0 Å². The van der Waals surface area contributed by atoms with Gasteiger partial charge in [-0.2, -0.15) is 0 Å². The number of nitrogens with one attached hydrogen (secondary N) is 1. The molecule has 0 saturated carbocycles. The molecule has 5 nitrogen and oxygen atoms in total. The molecule has 1 saturated heterocycles. The highest BCUT2D eigenvalue weighted by Crippen LogP contribution is 2.18. The van der Waals surface area contributed by atoms with Crippen LogP contribution in [-0.4, -0.2) is 74.3 Å². The lowest BCUT2D eigenvalue weighted by atomic mass is 10.2. The van der Waals surface area contributed by atoms with E-state index in [0.717, 1.165) is 42.8 Å². The predicted octanol–water partition coefficient (Wildman–Crippen LogP) is -1.43. The number of hydrogen-bond donors (Lipinski definition) is 1. The van der Waals surface area contributed by atoms with Gasteiger partial charge in [0.25, 0.3) is 0 Å². The summed E-state index contributed by atoms with van der Waals surface area (Å²) in [6.07, 6.45) is 0.849. The Kier molecular flexibility index (Phi) is 5.88. The summed E-state index contributed by atoms with van der Waals surface area (Å²) >= 11 is 0. The van der Waals surface area contributed by atoms with Crippen LogP contribution in [0.15, 0.2) is 0 Å². The average molecular weight is 248 g/mol. The molecule has 16 heavy (non-hydrogen) atoms. The minimum Gasteiger partial charge on any atom is -0.366 e. The van der Waals surface area contributed by atoms with E-state index in [9.17, 15) is 0 Å². The van der Waals surface area contributed by atoms with Crippen molar-refractivity contribution in [3.05, 3.63) is 0 Å². The summed E-state index contributed by atoms with van der Waals surface area (Å²) < 4.78 is 16.4. The molecular formula is C10H24N2O3Si. The Labute approximate surface area is 101 Å². The largest absolute Gasteiger partial charge is 0.366 e. The first kappa shape index (κ1) is 14.1.